The summed E-state index contributed by atoms with van der Waals surface area (Å²) >= 11 is 0. The fourth-order valence-corrected chi connectivity index (χ4v) is 6.33. The molecule has 0 spiro atoms. The number of hydrogen-bond acceptors (Lipinski definition) is 0. The molecule has 236 valence electrons. The molecule has 40 heavy (non-hydrogen) atoms. The highest BCUT2D eigenvalue weighted by Gasteiger charge is 2.16. The zero-order valence-electron chi connectivity index (χ0n) is 28.2. The molecule has 0 amide bonds. The average Bonchev–Trinajstić information content (AvgIpc) is 3.35. The minimum absolute atomic E-state index is 1.23. The van der Waals surface area contributed by atoms with E-state index in [2.05, 4.69) is 42.3 Å². The fraction of sp³-hybridized carbons (Fsp3) is 0.921. The van der Waals surface area contributed by atoms with Crippen molar-refractivity contribution in [2.24, 2.45) is 0 Å². The predicted molar refractivity (Wildman–Crippen MR) is 179 cm³/mol. The molecule has 0 saturated carbocycles. The van der Waals surface area contributed by atoms with Gasteiger partial charge in [-0.2, -0.15) is 0 Å². The second-order valence-electron chi connectivity index (χ2n) is 13.0. The third kappa shape index (κ3) is 21.9. The molecular weight excluding hydrogens is 484 g/mol. The van der Waals surface area contributed by atoms with Crippen LogP contribution >= 0.6 is 0 Å². The molecule has 0 radical (unpaired) electrons. The SMILES string of the molecule is CCCCCCCCCCCCCCC[n+]1ccn(CCCCCCCC)c1CCCCCCCCCCCC. The molecule has 0 aromatic carbocycles. The van der Waals surface area contributed by atoms with Crippen molar-refractivity contribution in [1.82, 2.24) is 4.57 Å². The lowest BCUT2D eigenvalue weighted by Gasteiger charge is -2.07. The minimum atomic E-state index is 1.23. The molecule has 0 aliphatic carbocycles. The summed E-state index contributed by atoms with van der Waals surface area (Å²) in [6.45, 7) is 9.40. The monoisotopic (exact) mass is 560 g/mol. The topological polar surface area (TPSA) is 8.81 Å². The fourth-order valence-electron chi connectivity index (χ4n) is 6.33. The first kappa shape index (κ1) is 37.2. The molecule has 1 rings (SSSR count). The number of aromatic nitrogens is 2. The molecule has 1 aromatic heterocycles. The van der Waals surface area contributed by atoms with Gasteiger partial charge in [-0.15, -0.1) is 0 Å². The summed E-state index contributed by atoms with van der Waals surface area (Å²) in [7, 11) is 0. The van der Waals surface area contributed by atoms with Crippen molar-refractivity contribution in [3.63, 3.8) is 0 Å². The Morgan fingerprint density at radius 2 is 0.775 bits per heavy atom. The van der Waals surface area contributed by atoms with Crippen molar-refractivity contribution in [3.8, 4) is 0 Å². The molecule has 2 heteroatoms. The van der Waals surface area contributed by atoms with Crippen molar-refractivity contribution in [2.75, 3.05) is 0 Å². The zero-order chi connectivity index (χ0) is 28.8. The number of aryl methyl sites for hydroxylation is 2. The lowest BCUT2D eigenvalue weighted by Crippen LogP contribution is -2.37. The highest BCUT2D eigenvalue weighted by molar-refractivity contribution is 4.84. The summed E-state index contributed by atoms with van der Waals surface area (Å²) in [5, 5.41) is 0. The molecule has 0 aliphatic rings. The third-order valence-electron chi connectivity index (χ3n) is 9.10. The van der Waals surface area contributed by atoms with E-state index >= 15 is 0 Å². The lowest BCUT2D eigenvalue weighted by molar-refractivity contribution is -0.704. The largest absolute Gasteiger partial charge is 0.256 e. The van der Waals surface area contributed by atoms with E-state index in [1.807, 2.05) is 0 Å². The van der Waals surface area contributed by atoms with Gasteiger partial charge in [0.1, 0.15) is 12.4 Å². The van der Waals surface area contributed by atoms with Crippen LogP contribution in [0.15, 0.2) is 12.4 Å². The molecule has 1 aromatic rings. The van der Waals surface area contributed by atoms with Gasteiger partial charge >= 0.3 is 0 Å². The normalized spacial score (nSPS) is 11.6. The van der Waals surface area contributed by atoms with Crippen molar-refractivity contribution < 1.29 is 4.57 Å². The van der Waals surface area contributed by atoms with Crippen molar-refractivity contribution in [2.45, 2.75) is 226 Å². The number of imidazole rings is 1. The highest BCUT2D eigenvalue weighted by atomic mass is 15.1. The van der Waals surface area contributed by atoms with Crippen LogP contribution in [0.1, 0.15) is 213 Å². The number of hydrogen-bond donors (Lipinski definition) is 0. The summed E-state index contributed by atoms with van der Waals surface area (Å²) in [5.41, 5.74) is 0. The molecule has 0 atom stereocenters. The van der Waals surface area contributed by atoms with Crippen molar-refractivity contribution in [3.05, 3.63) is 18.2 Å². The second kappa shape index (κ2) is 29.7. The maximum absolute atomic E-state index is 2.63. The first-order chi connectivity index (χ1) is 19.8. The lowest BCUT2D eigenvalue weighted by atomic mass is 10.0. The van der Waals surface area contributed by atoms with Gasteiger partial charge in [-0.1, -0.05) is 175 Å². The predicted octanol–water partition coefficient (Wildman–Crippen LogP) is 12.7. The maximum Gasteiger partial charge on any atom is 0.256 e. The third-order valence-corrected chi connectivity index (χ3v) is 9.10. The maximum atomic E-state index is 2.63. The first-order valence-corrected chi connectivity index (χ1v) is 18.9. The molecular formula is C38H75N2+. The summed E-state index contributed by atoms with van der Waals surface area (Å²) < 4.78 is 5.25. The zero-order valence-corrected chi connectivity index (χ0v) is 28.2. The van der Waals surface area contributed by atoms with Gasteiger partial charge in [-0.3, -0.25) is 0 Å². The van der Waals surface area contributed by atoms with Gasteiger partial charge in [-0.05, 0) is 32.1 Å². The van der Waals surface area contributed by atoms with E-state index in [9.17, 15) is 0 Å². The standard InChI is InChI=1S/C38H75N2/c1-4-7-10-13-16-18-20-21-22-24-26-29-32-35-40-37-36-39(34-31-28-15-12-9-6-3)38(40)33-30-27-25-23-19-17-14-11-8-5-2/h36-37H,4-35H2,1-3H3/q+1. The van der Waals surface area contributed by atoms with Crippen LogP contribution in [0, 0.1) is 0 Å². The van der Waals surface area contributed by atoms with E-state index in [1.165, 1.54) is 206 Å². The van der Waals surface area contributed by atoms with Crippen LogP contribution in [0.2, 0.25) is 0 Å². The van der Waals surface area contributed by atoms with E-state index in [0.29, 0.717) is 0 Å². The molecule has 1 heterocycles. The van der Waals surface area contributed by atoms with Gasteiger partial charge in [0.05, 0.1) is 13.1 Å². The Balaban J connectivity index is 2.27. The van der Waals surface area contributed by atoms with Gasteiger partial charge < -0.3 is 0 Å². The molecule has 0 bridgehead atoms. The number of unbranched alkanes of at least 4 members (excludes halogenated alkanes) is 26. The summed E-state index contributed by atoms with van der Waals surface area (Å²) in [4.78, 5) is 0. The Morgan fingerprint density at radius 1 is 0.425 bits per heavy atom. The van der Waals surface area contributed by atoms with E-state index in [4.69, 9.17) is 0 Å². The first-order valence-electron chi connectivity index (χ1n) is 18.9. The van der Waals surface area contributed by atoms with Gasteiger partial charge in [0, 0.05) is 6.42 Å². The number of rotatable bonds is 32. The van der Waals surface area contributed by atoms with Gasteiger partial charge in [0.25, 0.3) is 5.82 Å². The molecule has 0 fully saturated rings. The van der Waals surface area contributed by atoms with E-state index < -0.39 is 0 Å². The van der Waals surface area contributed by atoms with Crippen LogP contribution in [0.4, 0.5) is 0 Å². The smallest absolute Gasteiger partial charge is 0.234 e. The number of nitrogens with zero attached hydrogens (tertiary/aromatic N) is 2. The van der Waals surface area contributed by atoms with Gasteiger partial charge in [0.2, 0.25) is 0 Å². The molecule has 0 N–H and O–H groups in total. The van der Waals surface area contributed by atoms with Crippen LogP contribution in [-0.2, 0) is 19.5 Å². The molecule has 0 unspecified atom stereocenters. The summed E-state index contributed by atoms with van der Waals surface area (Å²) in [6, 6.07) is 0. The van der Waals surface area contributed by atoms with Crippen LogP contribution in [-0.4, -0.2) is 4.57 Å². The summed E-state index contributed by atoms with van der Waals surface area (Å²) in [6.07, 6.45) is 47.4. The Kier molecular flexibility index (Phi) is 27.6. The summed E-state index contributed by atoms with van der Waals surface area (Å²) in [5.74, 6) is 1.62. The van der Waals surface area contributed by atoms with E-state index in [-0.39, 0.29) is 0 Å². The molecule has 0 saturated heterocycles. The van der Waals surface area contributed by atoms with Crippen molar-refractivity contribution >= 4 is 0 Å². The van der Waals surface area contributed by atoms with Gasteiger partial charge in [-0.25, -0.2) is 9.13 Å². The molecule has 0 aliphatic heterocycles. The second-order valence-corrected chi connectivity index (χ2v) is 13.0. The van der Waals surface area contributed by atoms with Crippen LogP contribution in [0.5, 0.6) is 0 Å². The Morgan fingerprint density at radius 3 is 1.20 bits per heavy atom. The Labute approximate surface area is 253 Å². The van der Waals surface area contributed by atoms with Gasteiger partial charge in [0.15, 0.2) is 0 Å². The molecule has 2 nitrogen and oxygen atoms in total. The minimum Gasteiger partial charge on any atom is -0.234 e. The van der Waals surface area contributed by atoms with Crippen LogP contribution in [0.3, 0.4) is 0 Å². The van der Waals surface area contributed by atoms with Crippen molar-refractivity contribution in [1.29, 1.82) is 0 Å². The Bertz CT molecular complexity index is 619. The van der Waals surface area contributed by atoms with Crippen LogP contribution in [0.25, 0.3) is 0 Å². The van der Waals surface area contributed by atoms with Crippen LogP contribution < -0.4 is 4.57 Å². The highest BCUT2D eigenvalue weighted by Crippen LogP contribution is 2.15. The Hall–Kier alpha value is -0.790. The van der Waals surface area contributed by atoms with E-state index in [0.717, 1.165) is 0 Å². The average molecular weight is 560 g/mol. The van der Waals surface area contributed by atoms with E-state index in [1.54, 1.807) is 5.82 Å². The quantitative estimate of drug-likeness (QED) is 0.0613.